The predicted molar refractivity (Wildman–Crippen MR) is 78.7 cm³/mol. The third-order valence-electron chi connectivity index (χ3n) is 4.29. The molecule has 2 unspecified atom stereocenters. The maximum absolute atomic E-state index is 4.38. The highest BCUT2D eigenvalue weighted by atomic mass is 79.9. The van der Waals surface area contributed by atoms with Gasteiger partial charge in [-0.25, -0.2) is 0 Å². The van der Waals surface area contributed by atoms with Crippen molar-refractivity contribution in [3.05, 3.63) is 16.4 Å². The van der Waals surface area contributed by atoms with Crippen molar-refractivity contribution in [1.82, 2.24) is 15.1 Å². The van der Waals surface area contributed by atoms with Crippen LogP contribution in [0.3, 0.4) is 0 Å². The molecule has 2 rings (SSSR count). The highest BCUT2D eigenvalue weighted by Crippen LogP contribution is 2.47. The molecule has 1 saturated carbocycles. The minimum Gasteiger partial charge on any atom is -0.319 e. The van der Waals surface area contributed by atoms with Gasteiger partial charge in [0.05, 0.1) is 16.4 Å². The second-order valence-corrected chi connectivity index (χ2v) is 7.19. The van der Waals surface area contributed by atoms with Gasteiger partial charge in [0.1, 0.15) is 0 Å². The van der Waals surface area contributed by atoms with E-state index in [1.54, 1.807) is 0 Å². The Labute approximate surface area is 118 Å². The van der Waals surface area contributed by atoms with Gasteiger partial charge in [0, 0.05) is 13.0 Å². The molecule has 1 aromatic rings. The third kappa shape index (κ3) is 2.80. The number of nitrogens with one attached hydrogen (secondary N) is 1. The van der Waals surface area contributed by atoms with E-state index in [4.69, 9.17) is 0 Å². The molecule has 1 aliphatic carbocycles. The lowest BCUT2D eigenvalue weighted by Crippen LogP contribution is -2.34. The van der Waals surface area contributed by atoms with Gasteiger partial charge in [-0.3, -0.25) is 4.68 Å². The van der Waals surface area contributed by atoms with Crippen LogP contribution in [-0.4, -0.2) is 23.4 Å². The van der Waals surface area contributed by atoms with Crippen LogP contribution in [0, 0.1) is 11.3 Å². The minimum atomic E-state index is 0.443. The monoisotopic (exact) mass is 313 g/mol. The first-order valence-corrected chi connectivity index (χ1v) is 7.56. The Bertz CT molecular complexity index is 392. The van der Waals surface area contributed by atoms with E-state index in [2.05, 4.69) is 54.3 Å². The summed E-state index contributed by atoms with van der Waals surface area (Å²) in [5, 5.41) is 7.73. The van der Waals surface area contributed by atoms with Gasteiger partial charge in [0.25, 0.3) is 0 Å². The fourth-order valence-electron chi connectivity index (χ4n) is 3.31. The lowest BCUT2D eigenvalue weighted by Gasteiger charge is -2.41. The fourth-order valence-corrected chi connectivity index (χ4v) is 3.95. The highest BCUT2D eigenvalue weighted by Gasteiger charge is 2.37. The second-order valence-electron chi connectivity index (χ2n) is 6.33. The predicted octanol–water partition coefficient (Wildman–Crippen LogP) is 3.31. The maximum atomic E-state index is 4.38. The van der Waals surface area contributed by atoms with Gasteiger partial charge in [-0.1, -0.05) is 13.8 Å². The van der Waals surface area contributed by atoms with Gasteiger partial charge in [-0.05, 0) is 60.1 Å². The van der Waals surface area contributed by atoms with E-state index in [9.17, 15) is 0 Å². The lowest BCUT2D eigenvalue weighted by molar-refractivity contribution is 0.156. The molecule has 0 bridgehead atoms. The zero-order valence-electron chi connectivity index (χ0n) is 11.8. The van der Waals surface area contributed by atoms with Crippen LogP contribution in [0.4, 0.5) is 0 Å². The van der Waals surface area contributed by atoms with Gasteiger partial charge in [0.15, 0.2) is 0 Å². The molecule has 0 aromatic carbocycles. The molecule has 4 heteroatoms. The van der Waals surface area contributed by atoms with Crippen molar-refractivity contribution in [2.24, 2.45) is 18.4 Å². The molecule has 2 atom stereocenters. The summed E-state index contributed by atoms with van der Waals surface area (Å²) in [5.41, 5.74) is 1.81. The average molecular weight is 314 g/mol. The molecule has 1 heterocycles. The fraction of sp³-hybridized carbons (Fsp3) is 0.786. The summed E-state index contributed by atoms with van der Waals surface area (Å²) in [5.74, 6) is 1.32. The van der Waals surface area contributed by atoms with E-state index < -0.39 is 0 Å². The summed E-state index contributed by atoms with van der Waals surface area (Å²) in [7, 11) is 4.10. The summed E-state index contributed by atoms with van der Waals surface area (Å²) in [6, 6.07) is 0. The summed E-state index contributed by atoms with van der Waals surface area (Å²) < 4.78 is 3.20. The summed E-state index contributed by atoms with van der Waals surface area (Å²) in [6.45, 7) is 5.87. The Hall–Kier alpha value is -0.350. The van der Waals surface area contributed by atoms with Crippen molar-refractivity contribution in [2.75, 3.05) is 13.6 Å². The number of rotatable bonds is 3. The minimum absolute atomic E-state index is 0.443. The number of hydrogen-bond donors (Lipinski definition) is 1. The van der Waals surface area contributed by atoms with Crippen LogP contribution < -0.4 is 5.32 Å². The first-order valence-electron chi connectivity index (χ1n) is 6.76. The molecule has 3 nitrogen and oxygen atoms in total. The molecule has 1 N–H and O–H groups in total. The quantitative estimate of drug-likeness (QED) is 0.927. The molecule has 0 radical (unpaired) electrons. The Balaban J connectivity index is 2.30. The van der Waals surface area contributed by atoms with Crippen LogP contribution in [-0.2, 0) is 7.05 Å². The van der Waals surface area contributed by atoms with Gasteiger partial charge >= 0.3 is 0 Å². The first-order chi connectivity index (χ1) is 8.44. The van der Waals surface area contributed by atoms with E-state index >= 15 is 0 Å². The van der Waals surface area contributed by atoms with Crippen LogP contribution in [0.1, 0.15) is 44.7 Å². The SMILES string of the molecule is CNCC1CCC(C)(C)CC1c1c(Br)cnn1C. The topological polar surface area (TPSA) is 29.9 Å². The van der Waals surface area contributed by atoms with Gasteiger partial charge < -0.3 is 5.32 Å². The second kappa shape index (κ2) is 5.33. The van der Waals surface area contributed by atoms with Crippen molar-refractivity contribution in [1.29, 1.82) is 0 Å². The van der Waals surface area contributed by atoms with Crippen molar-refractivity contribution in [3.8, 4) is 0 Å². The highest BCUT2D eigenvalue weighted by molar-refractivity contribution is 9.10. The van der Waals surface area contributed by atoms with E-state index in [-0.39, 0.29) is 0 Å². The average Bonchev–Trinajstić information content (AvgIpc) is 2.61. The Morgan fingerprint density at radius 2 is 2.28 bits per heavy atom. The molecule has 1 fully saturated rings. The molecule has 0 aliphatic heterocycles. The third-order valence-corrected chi connectivity index (χ3v) is 4.90. The van der Waals surface area contributed by atoms with Crippen LogP contribution in [0.2, 0.25) is 0 Å². The number of halogens is 1. The summed E-state index contributed by atoms with van der Waals surface area (Å²) in [6.07, 6.45) is 5.80. The van der Waals surface area contributed by atoms with Crippen LogP contribution >= 0.6 is 15.9 Å². The number of nitrogens with zero attached hydrogens (tertiary/aromatic N) is 2. The number of aromatic nitrogens is 2. The van der Waals surface area contributed by atoms with Crippen molar-refractivity contribution in [3.63, 3.8) is 0 Å². The van der Waals surface area contributed by atoms with Gasteiger partial charge in [0.2, 0.25) is 0 Å². The Kier molecular flexibility index (Phi) is 4.17. The molecule has 0 saturated heterocycles. The normalized spacial score (nSPS) is 27.4. The zero-order valence-corrected chi connectivity index (χ0v) is 13.4. The van der Waals surface area contributed by atoms with Crippen LogP contribution in [0.25, 0.3) is 0 Å². The molecule has 0 amide bonds. The molecule has 102 valence electrons. The van der Waals surface area contributed by atoms with Crippen molar-refractivity contribution >= 4 is 15.9 Å². The summed E-state index contributed by atoms with van der Waals surface area (Å²) >= 11 is 3.67. The number of hydrogen-bond acceptors (Lipinski definition) is 2. The van der Waals surface area contributed by atoms with Gasteiger partial charge in [-0.15, -0.1) is 0 Å². The van der Waals surface area contributed by atoms with Crippen LogP contribution in [0.15, 0.2) is 10.7 Å². The molecule has 1 aliphatic rings. The first kappa shape index (κ1) is 14.1. The molecule has 1 aromatic heterocycles. The van der Waals surface area contributed by atoms with Gasteiger partial charge in [-0.2, -0.15) is 5.10 Å². The smallest absolute Gasteiger partial charge is 0.0635 e. The lowest BCUT2D eigenvalue weighted by atomic mass is 9.66. The molecular weight excluding hydrogens is 290 g/mol. The van der Waals surface area contributed by atoms with Crippen LogP contribution in [0.5, 0.6) is 0 Å². The van der Waals surface area contributed by atoms with E-state index in [1.807, 2.05) is 10.9 Å². The largest absolute Gasteiger partial charge is 0.319 e. The Morgan fingerprint density at radius 1 is 1.56 bits per heavy atom. The number of aryl methyl sites for hydroxylation is 1. The standard InChI is InChI=1S/C14H24BrN3/c1-14(2)6-5-10(8-16-3)11(7-14)13-12(15)9-17-18(13)4/h9-11,16H,5-8H2,1-4H3. The van der Waals surface area contributed by atoms with E-state index in [0.29, 0.717) is 11.3 Å². The summed E-state index contributed by atoms with van der Waals surface area (Å²) in [4.78, 5) is 0. The van der Waals surface area contributed by atoms with Crippen molar-refractivity contribution in [2.45, 2.75) is 39.0 Å². The molecular formula is C14H24BrN3. The molecule has 0 spiro atoms. The molecule has 18 heavy (non-hydrogen) atoms. The van der Waals surface area contributed by atoms with E-state index in [1.165, 1.54) is 25.0 Å². The Morgan fingerprint density at radius 3 is 2.83 bits per heavy atom. The van der Waals surface area contributed by atoms with Crippen molar-refractivity contribution < 1.29 is 0 Å². The zero-order chi connectivity index (χ0) is 13.3. The maximum Gasteiger partial charge on any atom is 0.0635 e. The van der Waals surface area contributed by atoms with E-state index in [0.717, 1.165) is 16.9 Å².